The van der Waals surface area contributed by atoms with Crippen LogP contribution in [0, 0.1) is 5.92 Å². The molecular formula is C12H19NO4. The molecule has 3 rings (SSSR count). The molecule has 0 aliphatic carbocycles. The van der Waals surface area contributed by atoms with E-state index in [0.29, 0.717) is 26.4 Å². The molecule has 0 aromatic carbocycles. The van der Waals surface area contributed by atoms with Crippen molar-refractivity contribution >= 4 is 5.91 Å². The molecule has 0 aromatic heterocycles. The van der Waals surface area contributed by atoms with Crippen LogP contribution >= 0.6 is 0 Å². The summed E-state index contributed by atoms with van der Waals surface area (Å²) in [6, 6.07) is 0. The van der Waals surface area contributed by atoms with Crippen LogP contribution in [-0.4, -0.2) is 56.1 Å². The Balaban J connectivity index is 1.59. The zero-order chi connectivity index (χ0) is 11.7. The Morgan fingerprint density at radius 1 is 1.24 bits per heavy atom. The van der Waals surface area contributed by atoms with Crippen molar-refractivity contribution in [1.29, 1.82) is 0 Å². The van der Waals surface area contributed by atoms with Gasteiger partial charge in [-0.2, -0.15) is 0 Å². The van der Waals surface area contributed by atoms with E-state index in [1.165, 1.54) is 0 Å². The molecule has 3 fully saturated rings. The minimum Gasteiger partial charge on any atom is -0.381 e. The number of rotatable bonds is 1. The molecule has 0 aromatic rings. The van der Waals surface area contributed by atoms with Crippen LogP contribution in [-0.2, 0) is 19.0 Å². The molecular weight excluding hydrogens is 222 g/mol. The van der Waals surface area contributed by atoms with E-state index < -0.39 is 5.79 Å². The van der Waals surface area contributed by atoms with E-state index in [0.717, 1.165) is 32.4 Å². The van der Waals surface area contributed by atoms with Crippen LogP contribution in [0.3, 0.4) is 0 Å². The summed E-state index contributed by atoms with van der Waals surface area (Å²) in [5.41, 5.74) is 0. The molecule has 3 saturated heterocycles. The molecule has 1 atom stereocenters. The largest absolute Gasteiger partial charge is 0.381 e. The predicted octanol–water partition coefficient (Wildman–Crippen LogP) is 0.388. The van der Waals surface area contributed by atoms with Gasteiger partial charge in [0.2, 0.25) is 5.91 Å². The molecule has 3 heterocycles. The van der Waals surface area contributed by atoms with Crippen molar-refractivity contribution in [1.82, 2.24) is 4.90 Å². The molecule has 0 N–H and O–H groups in total. The van der Waals surface area contributed by atoms with Gasteiger partial charge < -0.3 is 19.1 Å². The number of likely N-dealkylation sites (tertiary alicyclic amines) is 1. The summed E-state index contributed by atoms with van der Waals surface area (Å²) in [5.74, 6) is -0.244. The van der Waals surface area contributed by atoms with E-state index in [9.17, 15) is 4.79 Å². The quantitative estimate of drug-likeness (QED) is 0.666. The molecule has 96 valence electrons. The number of amides is 1. The van der Waals surface area contributed by atoms with Crippen molar-refractivity contribution in [3.8, 4) is 0 Å². The fourth-order valence-corrected chi connectivity index (χ4v) is 2.87. The maximum atomic E-state index is 12.3. The molecule has 0 radical (unpaired) electrons. The summed E-state index contributed by atoms with van der Waals surface area (Å²) < 4.78 is 16.6. The first-order valence-corrected chi connectivity index (χ1v) is 6.44. The molecule has 17 heavy (non-hydrogen) atoms. The van der Waals surface area contributed by atoms with Crippen LogP contribution < -0.4 is 0 Å². The first-order chi connectivity index (χ1) is 8.29. The molecule has 0 saturated carbocycles. The first kappa shape index (κ1) is 11.4. The van der Waals surface area contributed by atoms with Crippen LogP contribution in [0.4, 0.5) is 0 Å². The second-order valence-electron chi connectivity index (χ2n) is 5.03. The van der Waals surface area contributed by atoms with Gasteiger partial charge in [-0.15, -0.1) is 0 Å². The molecule has 1 unspecified atom stereocenters. The first-order valence-electron chi connectivity index (χ1n) is 6.44. The second-order valence-corrected chi connectivity index (χ2v) is 5.03. The highest BCUT2D eigenvalue weighted by molar-refractivity contribution is 5.79. The van der Waals surface area contributed by atoms with Gasteiger partial charge in [-0.3, -0.25) is 4.79 Å². The number of nitrogens with zero attached hydrogens (tertiary/aromatic N) is 1. The molecule has 0 bridgehead atoms. The van der Waals surface area contributed by atoms with Crippen LogP contribution in [0.15, 0.2) is 0 Å². The summed E-state index contributed by atoms with van der Waals surface area (Å²) in [4.78, 5) is 14.2. The van der Waals surface area contributed by atoms with Gasteiger partial charge in [0.15, 0.2) is 5.79 Å². The van der Waals surface area contributed by atoms with E-state index >= 15 is 0 Å². The summed E-state index contributed by atoms with van der Waals surface area (Å²) >= 11 is 0. The Morgan fingerprint density at radius 2 is 2.06 bits per heavy atom. The monoisotopic (exact) mass is 241 g/mol. The lowest BCUT2D eigenvalue weighted by atomic mass is 10.0. The van der Waals surface area contributed by atoms with Crippen LogP contribution in [0.1, 0.15) is 19.3 Å². The molecule has 1 amide bonds. The van der Waals surface area contributed by atoms with Crippen molar-refractivity contribution in [2.24, 2.45) is 5.92 Å². The Morgan fingerprint density at radius 3 is 2.76 bits per heavy atom. The van der Waals surface area contributed by atoms with E-state index in [2.05, 4.69) is 0 Å². The summed E-state index contributed by atoms with van der Waals surface area (Å²) in [7, 11) is 0. The van der Waals surface area contributed by atoms with Gasteiger partial charge in [0, 0.05) is 19.6 Å². The van der Waals surface area contributed by atoms with Crippen LogP contribution in [0.25, 0.3) is 0 Å². The highest BCUT2D eigenvalue weighted by atomic mass is 16.7. The van der Waals surface area contributed by atoms with Crippen LogP contribution in [0.2, 0.25) is 0 Å². The summed E-state index contributed by atoms with van der Waals surface area (Å²) in [6.45, 7) is 3.99. The van der Waals surface area contributed by atoms with Gasteiger partial charge in [-0.25, -0.2) is 0 Å². The Bertz CT molecular complexity index is 295. The fourth-order valence-electron chi connectivity index (χ4n) is 2.87. The average molecular weight is 241 g/mol. The number of carbonyl (C=O) groups excluding carboxylic acids is 1. The lowest BCUT2D eigenvalue weighted by molar-refractivity contribution is -0.156. The van der Waals surface area contributed by atoms with Gasteiger partial charge in [-0.1, -0.05) is 0 Å². The topological polar surface area (TPSA) is 48.0 Å². The van der Waals surface area contributed by atoms with Crippen molar-refractivity contribution in [3.05, 3.63) is 0 Å². The standard InChI is InChI=1S/C12H19NO4/c14-11(10-2-1-5-15-8-10)13-4-3-12(9-13)16-6-7-17-12/h10H,1-9H2. The highest BCUT2D eigenvalue weighted by Crippen LogP contribution is 2.31. The fraction of sp³-hybridized carbons (Fsp3) is 0.917. The van der Waals surface area contributed by atoms with Crippen molar-refractivity contribution in [3.63, 3.8) is 0 Å². The van der Waals surface area contributed by atoms with Gasteiger partial charge in [-0.05, 0) is 12.8 Å². The SMILES string of the molecule is O=C(C1CCCOC1)N1CCC2(C1)OCCO2. The lowest BCUT2D eigenvalue weighted by Crippen LogP contribution is -2.41. The Hall–Kier alpha value is -0.650. The van der Waals surface area contributed by atoms with Crippen molar-refractivity contribution in [2.75, 3.05) is 39.5 Å². The molecule has 5 heteroatoms. The van der Waals surface area contributed by atoms with E-state index in [4.69, 9.17) is 14.2 Å². The minimum atomic E-state index is -0.495. The average Bonchev–Trinajstić information content (AvgIpc) is 3.01. The normalized spacial score (nSPS) is 32.2. The van der Waals surface area contributed by atoms with Gasteiger partial charge >= 0.3 is 0 Å². The molecule has 3 aliphatic rings. The maximum absolute atomic E-state index is 12.3. The Kier molecular flexibility index (Phi) is 3.06. The van der Waals surface area contributed by atoms with Gasteiger partial charge in [0.1, 0.15) is 0 Å². The molecule has 1 spiro atoms. The van der Waals surface area contributed by atoms with Gasteiger partial charge in [0.25, 0.3) is 0 Å². The minimum absolute atomic E-state index is 0.0419. The van der Waals surface area contributed by atoms with Crippen molar-refractivity contribution in [2.45, 2.75) is 25.0 Å². The maximum Gasteiger partial charge on any atom is 0.228 e. The highest BCUT2D eigenvalue weighted by Gasteiger charge is 2.45. The zero-order valence-corrected chi connectivity index (χ0v) is 10.0. The van der Waals surface area contributed by atoms with Gasteiger partial charge in [0.05, 0.1) is 32.3 Å². The molecule has 3 aliphatic heterocycles. The number of hydrogen-bond acceptors (Lipinski definition) is 4. The third-order valence-corrected chi connectivity index (χ3v) is 3.83. The van der Waals surface area contributed by atoms with Crippen molar-refractivity contribution < 1.29 is 19.0 Å². The number of ether oxygens (including phenoxy) is 3. The second kappa shape index (κ2) is 4.55. The smallest absolute Gasteiger partial charge is 0.228 e. The lowest BCUT2D eigenvalue weighted by Gasteiger charge is -2.27. The third-order valence-electron chi connectivity index (χ3n) is 3.83. The van der Waals surface area contributed by atoms with E-state index in [1.54, 1.807) is 0 Å². The summed E-state index contributed by atoms with van der Waals surface area (Å²) in [5, 5.41) is 0. The van der Waals surface area contributed by atoms with E-state index in [1.807, 2.05) is 4.90 Å². The number of hydrogen-bond donors (Lipinski definition) is 0. The summed E-state index contributed by atoms with van der Waals surface area (Å²) in [6.07, 6.45) is 2.73. The Labute approximate surface area is 101 Å². The molecule has 5 nitrogen and oxygen atoms in total. The number of carbonyl (C=O) groups is 1. The predicted molar refractivity (Wildman–Crippen MR) is 59.4 cm³/mol. The van der Waals surface area contributed by atoms with Crippen LogP contribution in [0.5, 0.6) is 0 Å². The zero-order valence-electron chi connectivity index (χ0n) is 10.0. The van der Waals surface area contributed by atoms with E-state index in [-0.39, 0.29) is 11.8 Å². The third kappa shape index (κ3) is 2.19.